The van der Waals surface area contributed by atoms with E-state index in [1.807, 2.05) is 37.3 Å². The highest BCUT2D eigenvalue weighted by atomic mass is 35.5. The van der Waals surface area contributed by atoms with Gasteiger partial charge in [0.05, 0.1) is 6.04 Å². The van der Waals surface area contributed by atoms with E-state index in [4.69, 9.17) is 16.3 Å². The number of fused-ring (bicyclic) bond motifs is 1. The number of carbonyl (C=O) groups is 4. The molecule has 2 N–H and O–H groups in total. The number of piperidine rings is 1. The molecule has 10 heteroatoms. The number of alkyl halides is 1. The second-order valence-corrected chi connectivity index (χ2v) is 12.4. The number of benzene rings is 2. The highest BCUT2D eigenvalue weighted by Crippen LogP contribution is 2.64. The van der Waals surface area contributed by atoms with Crippen LogP contribution in [0, 0.1) is 29.1 Å². The van der Waals surface area contributed by atoms with Crippen LogP contribution in [0.4, 0.5) is 4.39 Å². The molecule has 0 spiro atoms. The predicted octanol–water partition coefficient (Wildman–Crippen LogP) is 3.66. The van der Waals surface area contributed by atoms with E-state index in [0.29, 0.717) is 23.9 Å². The van der Waals surface area contributed by atoms with Crippen molar-refractivity contribution in [3.05, 3.63) is 53.6 Å². The summed E-state index contributed by atoms with van der Waals surface area (Å²) in [6, 6.07) is 12.8. The molecule has 1 unspecified atom stereocenters. The number of nitrogens with one attached hydrogen (secondary N) is 2. The molecule has 3 aliphatic rings. The van der Waals surface area contributed by atoms with Gasteiger partial charge in [-0.05, 0) is 65.0 Å². The lowest BCUT2D eigenvalue weighted by molar-refractivity contribution is -0.142. The van der Waals surface area contributed by atoms with Crippen LogP contribution in [0.25, 0.3) is 11.1 Å². The van der Waals surface area contributed by atoms with Gasteiger partial charge in [-0.1, -0.05) is 56.6 Å². The molecule has 0 bridgehead atoms. The standard InChI is InChI=1S/C31H35ClFN3O5/c1-17-14-34-29(39)22(17)12-24(25(37)13-33)35-30(40)28-27-23(31(27,2)3)15-36(28)26(38)16-41-21-6-4-5-19(11-21)18-7-9-20(32)10-8-18/h4-11,17,22-24,27-28H,12-16H2,1-3H3,(H,34,39)(H,35,40)/t17?,22-,23+,24+,27+,28+/m1/s1. The maximum atomic E-state index is 13.6. The Bertz CT molecular complexity index is 1350. The van der Waals surface area contributed by atoms with Crippen molar-refractivity contribution in [1.29, 1.82) is 0 Å². The molecule has 6 atom stereocenters. The number of ketones is 1. The van der Waals surface area contributed by atoms with E-state index in [2.05, 4.69) is 24.5 Å². The Balaban J connectivity index is 1.27. The van der Waals surface area contributed by atoms with Crippen molar-refractivity contribution in [3.8, 4) is 16.9 Å². The molecule has 3 amide bonds. The minimum Gasteiger partial charge on any atom is -0.484 e. The van der Waals surface area contributed by atoms with E-state index in [0.717, 1.165) is 11.1 Å². The van der Waals surface area contributed by atoms with Crippen LogP contribution in [0.15, 0.2) is 48.5 Å². The van der Waals surface area contributed by atoms with Crippen molar-refractivity contribution in [2.24, 2.45) is 29.1 Å². The van der Waals surface area contributed by atoms with Crippen LogP contribution in [-0.2, 0) is 19.2 Å². The van der Waals surface area contributed by atoms with Crippen molar-refractivity contribution >= 4 is 35.1 Å². The summed E-state index contributed by atoms with van der Waals surface area (Å²) in [5, 5.41) is 6.09. The summed E-state index contributed by atoms with van der Waals surface area (Å²) in [5.41, 5.74) is 1.71. The Kier molecular flexibility index (Phi) is 8.10. The highest BCUT2D eigenvalue weighted by molar-refractivity contribution is 6.30. The van der Waals surface area contributed by atoms with Gasteiger partial charge >= 0.3 is 0 Å². The Labute approximate surface area is 243 Å². The van der Waals surface area contributed by atoms with Gasteiger partial charge in [0.2, 0.25) is 11.8 Å². The molecule has 0 aromatic heterocycles. The lowest BCUT2D eigenvalue weighted by atomic mass is 9.89. The lowest BCUT2D eigenvalue weighted by Gasteiger charge is -2.31. The third-order valence-corrected chi connectivity index (χ3v) is 9.37. The number of amides is 3. The van der Waals surface area contributed by atoms with Crippen LogP contribution in [0.2, 0.25) is 5.02 Å². The van der Waals surface area contributed by atoms with Gasteiger partial charge in [-0.15, -0.1) is 0 Å². The van der Waals surface area contributed by atoms with Crippen molar-refractivity contribution in [3.63, 3.8) is 0 Å². The van der Waals surface area contributed by atoms with E-state index in [9.17, 15) is 23.6 Å². The summed E-state index contributed by atoms with van der Waals surface area (Å²) in [6.07, 6.45) is 0.0206. The largest absolute Gasteiger partial charge is 0.484 e. The fourth-order valence-corrected chi connectivity index (χ4v) is 6.61. The van der Waals surface area contributed by atoms with Crippen molar-refractivity contribution < 1.29 is 28.3 Å². The van der Waals surface area contributed by atoms with Crippen LogP contribution >= 0.6 is 11.6 Å². The average Bonchev–Trinajstić information content (AvgIpc) is 3.25. The molecule has 2 aromatic carbocycles. The highest BCUT2D eigenvalue weighted by Gasteiger charge is 2.69. The van der Waals surface area contributed by atoms with E-state index in [-0.39, 0.29) is 48.0 Å². The summed E-state index contributed by atoms with van der Waals surface area (Å²) in [6.45, 7) is 5.34. The summed E-state index contributed by atoms with van der Waals surface area (Å²) in [5.74, 6) is -1.82. The minimum atomic E-state index is -1.25. The smallest absolute Gasteiger partial charge is 0.261 e. The van der Waals surface area contributed by atoms with Crippen molar-refractivity contribution in [2.75, 3.05) is 26.4 Å². The zero-order valence-electron chi connectivity index (χ0n) is 23.4. The van der Waals surface area contributed by atoms with Crippen molar-refractivity contribution in [2.45, 2.75) is 39.3 Å². The predicted molar refractivity (Wildman–Crippen MR) is 152 cm³/mol. The normalized spacial score (nSPS) is 26.6. The van der Waals surface area contributed by atoms with E-state index in [1.54, 1.807) is 18.2 Å². The zero-order valence-corrected chi connectivity index (χ0v) is 24.1. The molecule has 8 nitrogen and oxygen atoms in total. The Morgan fingerprint density at radius 2 is 1.90 bits per heavy atom. The fraction of sp³-hybridized carbons (Fsp3) is 0.484. The number of likely N-dealkylation sites (tertiary alicyclic amines) is 1. The first kappa shape index (κ1) is 29.0. The molecule has 1 saturated carbocycles. The first-order valence-electron chi connectivity index (χ1n) is 14.0. The number of carbonyl (C=O) groups excluding carboxylic acids is 4. The molecule has 2 aromatic rings. The molecular formula is C31H35ClFN3O5. The average molecular weight is 584 g/mol. The van der Waals surface area contributed by atoms with E-state index < -0.39 is 36.4 Å². The first-order chi connectivity index (χ1) is 19.5. The lowest BCUT2D eigenvalue weighted by Crippen LogP contribution is -2.55. The topological polar surface area (TPSA) is 105 Å². The van der Waals surface area contributed by atoms with Crippen LogP contribution in [0.1, 0.15) is 27.2 Å². The van der Waals surface area contributed by atoms with Gasteiger partial charge in [0.1, 0.15) is 18.5 Å². The van der Waals surface area contributed by atoms with Crippen LogP contribution in [0.3, 0.4) is 0 Å². The fourth-order valence-electron chi connectivity index (χ4n) is 6.49. The van der Waals surface area contributed by atoms with Gasteiger partial charge in [-0.3, -0.25) is 19.2 Å². The molecule has 2 heterocycles. The maximum absolute atomic E-state index is 13.6. The van der Waals surface area contributed by atoms with E-state index >= 15 is 0 Å². The summed E-state index contributed by atoms with van der Waals surface area (Å²) in [7, 11) is 0. The Morgan fingerprint density at radius 3 is 2.56 bits per heavy atom. The summed E-state index contributed by atoms with van der Waals surface area (Å²) in [4.78, 5) is 53.2. The molecule has 2 saturated heterocycles. The monoisotopic (exact) mass is 583 g/mol. The molecule has 5 rings (SSSR count). The number of nitrogens with zero attached hydrogens (tertiary/aromatic N) is 1. The molecule has 2 aliphatic heterocycles. The quantitative estimate of drug-likeness (QED) is 0.444. The van der Waals surface area contributed by atoms with E-state index in [1.165, 1.54) is 4.90 Å². The van der Waals surface area contributed by atoms with Gasteiger partial charge in [-0.25, -0.2) is 4.39 Å². The molecule has 3 fully saturated rings. The number of halogens is 2. The number of Topliss-reactive ketones (excluding diaryl/α,β-unsaturated/α-hetero) is 1. The van der Waals surface area contributed by atoms with Gasteiger partial charge < -0.3 is 20.3 Å². The number of rotatable bonds is 10. The van der Waals surface area contributed by atoms with Gasteiger partial charge in [-0.2, -0.15) is 0 Å². The SMILES string of the molecule is CC1CNC(=O)[C@@H]1C[C@H](NC(=O)[C@@H]1[C@@H]2[C@H](CN1C(=O)COc1cccc(-c3ccc(Cl)cc3)c1)C2(C)C)C(=O)CF. The Hall–Kier alpha value is -3.46. The molecule has 218 valence electrons. The molecule has 0 radical (unpaired) electrons. The second kappa shape index (κ2) is 11.4. The minimum absolute atomic E-state index is 0.0206. The maximum Gasteiger partial charge on any atom is 0.261 e. The third kappa shape index (κ3) is 5.82. The number of hydrogen-bond donors (Lipinski definition) is 2. The Morgan fingerprint density at radius 1 is 1.17 bits per heavy atom. The molecule has 41 heavy (non-hydrogen) atoms. The zero-order chi connectivity index (χ0) is 29.5. The molecular weight excluding hydrogens is 549 g/mol. The van der Waals surface area contributed by atoms with Crippen LogP contribution < -0.4 is 15.4 Å². The number of ether oxygens (including phenoxy) is 1. The van der Waals surface area contributed by atoms with Crippen molar-refractivity contribution in [1.82, 2.24) is 15.5 Å². The molecule has 1 aliphatic carbocycles. The second-order valence-electron chi connectivity index (χ2n) is 12.0. The summed E-state index contributed by atoms with van der Waals surface area (Å²) < 4.78 is 19.3. The van der Waals surface area contributed by atoms with Gasteiger partial charge in [0, 0.05) is 24.0 Å². The van der Waals surface area contributed by atoms with Gasteiger partial charge in [0.15, 0.2) is 12.4 Å². The van der Waals surface area contributed by atoms with Gasteiger partial charge in [0.25, 0.3) is 5.91 Å². The van der Waals surface area contributed by atoms with Crippen LogP contribution in [0.5, 0.6) is 5.75 Å². The van der Waals surface area contributed by atoms with Crippen LogP contribution in [-0.4, -0.2) is 66.9 Å². The number of hydrogen-bond acceptors (Lipinski definition) is 5. The third-order valence-electron chi connectivity index (χ3n) is 9.12. The summed E-state index contributed by atoms with van der Waals surface area (Å²) >= 11 is 6.00. The first-order valence-corrected chi connectivity index (χ1v) is 14.3.